The molecule has 2 aliphatic heterocycles. The monoisotopic (exact) mass is 582 g/mol. The molecular formula is C26H23ClF4N4O3S. The van der Waals surface area contributed by atoms with Gasteiger partial charge in [0.25, 0.3) is 11.1 Å². The normalized spacial score (nSPS) is 20.6. The maximum absolute atomic E-state index is 13.5. The molecule has 0 radical (unpaired) electrons. The van der Waals surface area contributed by atoms with Gasteiger partial charge in [0.05, 0.1) is 41.4 Å². The first kappa shape index (κ1) is 27.6. The van der Waals surface area contributed by atoms with E-state index < -0.39 is 35.2 Å². The van der Waals surface area contributed by atoms with E-state index in [2.05, 4.69) is 5.10 Å². The number of fused-ring (bicyclic) bond motifs is 1. The number of imide groups is 1. The van der Waals surface area contributed by atoms with Crippen molar-refractivity contribution in [3.63, 3.8) is 0 Å². The lowest BCUT2D eigenvalue weighted by atomic mass is 10.1. The van der Waals surface area contributed by atoms with Crippen LogP contribution in [0.1, 0.15) is 23.1 Å². The van der Waals surface area contributed by atoms with Gasteiger partial charge in [-0.1, -0.05) is 23.7 Å². The van der Waals surface area contributed by atoms with Crippen LogP contribution in [-0.4, -0.2) is 74.3 Å². The van der Waals surface area contributed by atoms with Crippen LogP contribution in [0.5, 0.6) is 0 Å². The Kier molecular flexibility index (Phi) is 7.73. The minimum Gasteiger partial charge on any atom is -0.390 e. The number of β-amino-alcohol motifs (C(OH)–C–C–N with tert-alkyl or cyclic N) is 1. The number of amides is 2. The van der Waals surface area contributed by atoms with Crippen LogP contribution in [0.15, 0.2) is 47.5 Å². The van der Waals surface area contributed by atoms with Gasteiger partial charge in [-0.2, -0.15) is 18.3 Å². The number of hydrogen-bond acceptors (Lipinski definition) is 6. The van der Waals surface area contributed by atoms with Crippen molar-refractivity contribution in [1.82, 2.24) is 19.6 Å². The number of thioether (sulfide) groups is 1. The molecule has 2 saturated heterocycles. The summed E-state index contributed by atoms with van der Waals surface area (Å²) in [6.07, 6.45) is -3.04. The van der Waals surface area contributed by atoms with E-state index in [4.69, 9.17) is 11.6 Å². The molecule has 5 rings (SSSR count). The van der Waals surface area contributed by atoms with Crippen LogP contribution in [0.2, 0.25) is 5.02 Å². The van der Waals surface area contributed by atoms with Crippen LogP contribution < -0.4 is 0 Å². The first-order valence-corrected chi connectivity index (χ1v) is 13.3. The molecule has 0 bridgehead atoms. The van der Waals surface area contributed by atoms with E-state index in [9.17, 15) is 32.3 Å². The minimum atomic E-state index is -4.57. The highest BCUT2D eigenvalue weighted by Crippen LogP contribution is 2.35. The predicted octanol–water partition coefficient (Wildman–Crippen LogP) is 5.20. The van der Waals surface area contributed by atoms with Crippen LogP contribution in [0.25, 0.3) is 17.0 Å². The second-order valence-electron chi connectivity index (χ2n) is 9.51. The highest BCUT2D eigenvalue weighted by molar-refractivity contribution is 8.18. The summed E-state index contributed by atoms with van der Waals surface area (Å²) >= 11 is 6.53. The van der Waals surface area contributed by atoms with E-state index >= 15 is 0 Å². The summed E-state index contributed by atoms with van der Waals surface area (Å²) in [5, 5.41) is 14.7. The topological polar surface area (TPSA) is 78.7 Å². The van der Waals surface area contributed by atoms with Crippen LogP contribution in [0.3, 0.4) is 0 Å². The van der Waals surface area contributed by atoms with Gasteiger partial charge in [-0.05, 0) is 59.7 Å². The van der Waals surface area contributed by atoms with Gasteiger partial charge in [-0.15, -0.1) is 0 Å². The smallest absolute Gasteiger partial charge is 0.390 e. The molecule has 2 fully saturated rings. The van der Waals surface area contributed by atoms with E-state index in [0.29, 0.717) is 29.4 Å². The molecule has 1 N–H and O–H groups in total. The number of rotatable bonds is 7. The van der Waals surface area contributed by atoms with Crippen LogP contribution in [0, 0.1) is 0 Å². The molecule has 2 aliphatic rings. The number of halogens is 5. The molecule has 3 aromatic rings. The number of hydrogen-bond donors (Lipinski definition) is 1. The molecule has 39 heavy (non-hydrogen) atoms. The largest absolute Gasteiger partial charge is 0.416 e. The molecule has 3 heterocycles. The molecule has 2 aromatic carbocycles. The zero-order valence-corrected chi connectivity index (χ0v) is 21.9. The van der Waals surface area contributed by atoms with E-state index in [1.165, 1.54) is 23.0 Å². The first-order valence-electron chi connectivity index (χ1n) is 12.1. The van der Waals surface area contributed by atoms with Crippen LogP contribution in [0.4, 0.5) is 22.4 Å². The standard InChI is InChI=1S/C26H23ClF4N4O3S/c27-18-3-2-16(21(9-18)26(29,30)31)11-35-22-4-1-15(7-17(22)10-32-35)8-23-24(37)34(25(38)39-23)14-20(36)13-33-6-5-19(28)12-33/h1-4,7-10,19-20,36H,5-6,11-14H2/t19-,20+/m1/s1. The Balaban J connectivity index is 1.30. The summed E-state index contributed by atoms with van der Waals surface area (Å²) in [4.78, 5) is 28.2. The van der Waals surface area contributed by atoms with Crippen molar-refractivity contribution in [2.75, 3.05) is 26.2 Å². The van der Waals surface area contributed by atoms with E-state index in [0.717, 1.165) is 22.7 Å². The fourth-order valence-electron chi connectivity index (χ4n) is 4.76. The van der Waals surface area contributed by atoms with Crippen molar-refractivity contribution in [2.45, 2.75) is 31.4 Å². The van der Waals surface area contributed by atoms with Crippen molar-refractivity contribution in [1.29, 1.82) is 0 Å². The van der Waals surface area contributed by atoms with Gasteiger partial charge >= 0.3 is 6.18 Å². The van der Waals surface area contributed by atoms with Crippen molar-refractivity contribution >= 4 is 51.5 Å². The molecule has 2 atom stereocenters. The van der Waals surface area contributed by atoms with Gasteiger partial charge in [0, 0.05) is 30.0 Å². The first-order chi connectivity index (χ1) is 18.5. The average molecular weight is 583 g/mol. The number of aliphatic hydroxyl groups is 1. The summed E-state index contributed by atoms with van der Waals surface area (Å²) in [5.74, 6) is -0.535. The zero-order valence-electron chi connectivity index (χ0n) is 20.4. The third kappa shape index (κ3) is 6.13. The van der Waals surface area contributed by atoms with E-state index in [-0.39, 0.29) is 41.7 Å². The van der Waals surface area contributed by atoms with Gasteiger partial charge in [-0.25, -0.2) is 4.39 Å². The Labute approximate surface area is 230 Å². The maximum atomic E-state index is 13.5. The average Bonchev–Trinajstić information content (AvgIpc) is 3.53. The number of aliphatic hydroxyl groups excluding tert-OH is 1. The SMILES string of the molecule is O=C1SC(=Cc2ccc3c(cnn3Cc3ccc(Cl)cc3C(F)(F)F)c2)C(=O)N1C[C@@H](O)CN1CC[C@@H](F)C1. The van der Waals surface area contributed by atoms with Gasteiger partial charge in [0.2, 0.25) is 0 Å². The third-order valence-electron chi connectivity index (χ3n) is 6.61. The molecule has 0 unspecified atom stereocenters. The van der Waals surface area contributed by atoms with Crippen LogP contribution in [-0.2, 0) is 17.5 Å². The number of nitrogens with zero attached hydrogens (tertiary/aromatic N) is 4. The summed E-state index contributed by atoms with van der Waals surface area (Å²) < 4.78 is 55.3. The molecule has 2 amide bonds. The number of alkyl halides is 4. The lowest BCUT2D eigenvalue weighted by Gasteiger charge is -2.22. The van der Waals surface area contributed by atoms with Crippen LogP contribution >= 0.6 is 23.4 Å². The molecule has 0 saturated carbocycles. The highest BCUT2D eigenvalue weighted by atomic mass is 35.5. The van der Waals surface area contributed by atoms with Crippen molar-refractivity contribution in [3.8, 4) is 0 Å². The molecule has 1 aromatic heterocycles. The maximum Gasteiger partial charge on any atom is 0.416 e. The Morgan fingerprint density at radius 3 is 2.69 bits per heavy atom. The summed E-state index contributed by atoms with van der Waals surface area (Å²) in [6, 6.07) is 8.68. The predicted molar refractivity (Wildman–Crippen MR) is 140 cm³/mol. The van der Waals surface area contributed by atoms with Crippen molar-refractivity contribution < 1.29 is 32.3 Å². The molecule has 0 aliphatic carbocycles. The quantitative estimate of drug-likeness (QED) is 0.305. The fourth-order valence-corrected chi connectivity index (χ4v) is 5.78. The molecular weight excluding hydrogens is 560 g/mol. The molecule has 206 valence electrons. The zero-order chi connectivity index (χ0) is 27.9. The molecule has 0 spiro atoms. The van der Waals surface area contributed by atoms with Crippen molar-refractivity contribution in [2.24, 2.45) is 0 Å². The number of likely N-dealkylation sites (tertiary alicyclic amines) is 1. The number of aromatic nitrogens is 2. The number of carbonyl (C=O) groups is 2. The Morgan fingerprint density at radius 2 is 1.97 bits per heavy atom. The fraction of sp³-hybridized carbons (Fsp3) is 0.346. The summed E-state index contributed by atoms with van der Waals surface area (Å²) in [6.45, 7) is 0.594. The summed E-state index contributed by atoms with van der Waals surface area (Å²) in [5.41, 5.74) is 0.375. The third-order valence-corrected chi connectivity index (χ3v) is 7.75. The van der Waals surface area contributed by atoms with Crippen molar-refractivity contribution in [3.05, 3.63) is 69.2 Å². The van der Waals surface area contributed by atoms with E-state index in [1.807, 2.05) is 0 Å². The van der Waals surface area contributed by atoms with Gasteiger partial charge < -0.3 is 5.11 Å². The summed E-state index contributed by atoms with van der Waals surface area (Å²) in [7, 11) is 0. The Hall–Kier alpha value is -2.93. The Bertz CT molecular complexity index is 1460. The highest BCUT2D eigenvalue weighted by Gasteiger charge is 2.37. The lowest BCUT2D eigenvalue weighted by Crippen LogP contribution is -2.41. The second kappa shape index (κ2) is 10.9. The van der Waals surface area contributed by atoms with E-state index in [1.54, 1.807) is 29.2 Å². The van der Waals surface area contributed by atoms with Gasteiger partial charge in [-0.3, -0.25) is 24.1 Å². The second-order valence-corrected chi connectivity index (χ2v) is 10.9. The van der Waals surface area contributed by atoms with Gasteiger partial charge in [0.15, 0.2) is 0 Å². The number of carbonyl (C=O) groups excluding carboxylic acids is 2. The van der Waals surface area contributed by atoms with Gasteiger partial charge in [0.1, 0.15) is 6.17 Å². The lowest BCUT2D eigenvalue weighted by molar-refractivity contribution is -0.138. The molecule has 13 heteroatoms. The minimum absolute atomic E-state index is 0.0125. The Morgan fingerprint density at radius 1 is 1.18 bits per heavy atom. The molecule has 7 nitrogen and oxygen atoms in total. The number of benzene rings is 2.